The number of rotatable bonds is 6. The van der Waals surface area contributed by atoms with E-state index in [2.05, 4.69) is 22.9 Å². The molecule has 0 aliphatic carbocycles. The number of hydrogen-bond acceptors (Lipinski definition) is 4. The van der Waals surface area contributed by atoms with Gasteiger partial charge in [0, 0.05) is 24.3 Å². The van der Waals surface area contributed by atoms with Crippen LogP contribution in [0.15, 0.2) is 24.3 Å². The van der Waals surface area contributed by atoms with E-state index in [1.807, 2.05) is 45.0 Å². The molecule has 1 saturated heterocycles. The normalized spacial score (nSPS) is 19.3. The van der Waals surface area contributed by atoms with Gasteiger partial charge in [0.05, 0.1) is 0 Å². The van der Waals surface area contributed by atoms with E-state index in [-0.39, 0.29) is 0 Å². The molecule has 0 bridgehead atoms. The standard InChI is InChI=1S/C20H33N3O2/c1-15(13-18-7-5-6-12-21-18)22-14-16-8-10-17(11-9-16)23-19(24)25-20(2,3)4/h8-11,15,18,21-22H,5-7,12-14H2,1-4H3,(H,23,24). The van der Waals surface area contributed by atoms with Crippen molar-refractivity contribution in [3.05, 3.63) is 29.8 Å². The van der Waals surface area contributed by atoms with E-state index in [4.69, 9.17) is 4.74 Å². The first-order valence-electron chi connectivity index (χ1n) is 9.37. The molecule has 2 atom stereocenters. The minimum atomic E-state index is -0.489. The fourth-order valence-electron chi connectivity index (χ4n) is 3.05. The van der Waals surface area contributed by atoms with Crippen LogP contribution >= 0.6 is 0 Å². The predicted molar refractivity (Wildman–Crippen MR) is 103 cm³/mol. The smallest absolute Gasteiger partial charge is 0.412 e. The quantitative estimate of drug-likeness (QED) is 0.727. The van der Waals surface area contributed by atoms with E-state index in [1.54, 1.807) is 0 Å². The van der Waals surface area contributed by atoms with Crippen LogP contribution in [0.25, 0.3) is 0 Å². The van der Waals surface area contributed by atoms with E-state index in [9.17, 15) is 4.79 Å². The zero-order chi connectivity index (χ0) is 18.3. The first kappa shape index (κ1) is 19.7. The topological polar surface area (TPSA) is 62.4 Å². The van der Waals surface area contributed by atoms with Crippen molar-refractivity contribution in [3.63, 3.8) is 0 Å². The van der Waals surface area contributed by atoms with Gasteiger partial charge in [-0.05, 0) is 71.2 Å². The van der Waals surface area contributed by atoms with Gasteiger partial charge in [-0.2, -0.15) is 0 Å². The number of amides is 1. The molecule has 1 amide bonds. The summed E-state index contributed by atoms with van der Waals surface area (Å²) in [6, 6.07) is 9.02. The number of benzene rings is 1. The highest BCUT2D eigenvalue weighted by atomic mass is 16.6. The molecule has 1 heterocycles. The molecule has 1 fully saturated rings. The Kier molecular flexibility index (Phi) is 7.26. The zero-order valence-electron chi connectivity index (χ0n) is 16.0. The molecule has 1 aliphatic rings. The second-order valence-corrected chi connectivity index (χ2v) is 7.99. The molecule has 5 heteroatoms. The second-order valence-electron chi connectivity index (χ2n) is 7.99. The van der Waals surface area contributed by atoms with Crippen LogP contribution in [0.3, 0.4) is 0 Å². The molecule has 0 radical (unpaired) electrons. The van der Waals surface area contributed by atoms with Gasteiger partial charge in [0.25, 0.3) is 0 Å². The summed E-state index contributed by atoms with van der Waals surface area (Å²) in [6.45, 7) is 9.79. The molecule has 3 N–H and O–H groups in total. The number of anilines is 1. The van der Waals surface area contributed by atoms with Crippen LogP contribution < -0.4 is 16.0 Å². The number of ether oxygens (including phenoxy) is 1. The van der Waals surface area contributed by atoms with Crippen LogP contribution in [0, 0.1) is 0 Å². The van der Waals surface area contributed by atoms with Gasteiger partial charge in [0.2, 0.25) is 0 Å². The lowest BCUT2D eigenvalue weighted by molar-refractivity contribution is 0.0636. The van der Waals surface area contributed by atoms with Gasteiger partial charge in [0.15, 0.2) is 0 Å². The van der Waals surface area contributed by atoms with E-state index in [0.29, 0.717) is 12.1 Å². The van der Waals surface area contributed by atoms with Crippen molar-refractivity contribution >= 4 is 11.8 Å². The van der Waals surface area contributed by atoms with Crippen molar-refractivity contribution in [2.24, 2.45) is 0 Å². The Morgan fingerprint density at radius 3 is 2.60 bits per heavy atom. The molecule has 0 aromatic heterocycles. The van der Waals surface area contributed by atoms with Crippen molar-refractivity contribution in [2.75, 3.05) is 11.9 Å². The van der Waals surface area contributed by atoms with Gasteiger partial charge in [-0.25, -0.2) is 4.79 Å². The number of carbonyl (C=O) groups is 1. The van der Waals surface area contributed by atoms with E-state index < -0.39 is 11.7 Å². The average molecular weight is 348 g/mol. The highest BCUT2D eigenvalue weighted by Crippen LogP contribution is 2.14. The van der Waals surface area contributed by atoms with Crippen molar-refractivity contribution in [2.45, 2.75) is 77.6 Å². The fraction of sp³-hybridized carbons (Fsp3) is 0.650. The van der Waals surface area contributed by atoms with Crippen molar-refractivity contribution < 1.29 is 9.53 Å². The molecule has 2 unspecified atom stereocenters. The minimum Gasteiger partial charge on any atom is -0.444 e. The Labute approximate surface area is 151 Å². The lowest BCUT2D eigenvalue weighted by atomic mass is 9.99. The first-order chi connectivity index (χ1) is 11.8. The summed E-state index contributed by atoms with van der Waals surface area (Å²) in [5.74, 6) is 0. The van der Waals surface area contributed by atoms with E-state index >= 15 is 0 Å². The molecular formula is C20H33N3O2. The van der Waals surface area contributed by atoms with Crippen LogP contribution in [-0.2, 0) is 11.3 Å². The summed E-state index contributed by atoms with van der Waals surface area (Å²) in [7, 11) is 0. The van der Waals surface area contributed by atoms with Gasteiger partial charge in [-0.15, -0.1) is 0 Å². The van der Waals surface area contributed by atoms with Gasteiger partial charge in [-0.3, -0.25) is 5.32 Å². The summed E-state index contributed by atoms with van der Waals surface area (Å²) in [5, 5.41) is 9.94. The molecule has 5 nitrogen and oxygen atoms in total. The van der Waals surface area contributed by atoms with Crippen LogP contribution in [-0.4, -0.2) is 30.3 Å². The maximum Gasteiger partial charge on any atom is 0.412 e. The number of carbonyl (C=O) groups excluding carboxylic acids is 1. The predicted octanol–water partition coefficient (Wildman–Crippen LogP) is 4.04. The van der Waals surface area contributed by atoms with Crippen LogP contribution in [0.5, 0.6) is 0 Å². The van der Waals surface area contributed by atoms with E-state index in [1.165, 1.54) is 24.8 Å². The summed E-state index contributed by atoms with van der Waals surface area (Å²) in [6.07, 6.45) is 4.68. The largest absolute Gasteiger partial charge is 0.444 e. The highest BCUT2D eigenvalue weighted by Gasteiger charge is 2.17. The van der Waals surface area contributed by atoms with Crippen molar-refractivity contribution in [1.29, 1.82) is 0 Å². The monoisotopic (exact) mass is 347 g/mol. The molecule has 0 spiro atoms. The third-order valence-corrected chi connectivity index (χ3v) is 4.30. The SMILES string of the molecule is CC(CC1CCCCN1)NCc1ccc(NC(=O)OC(C)(C)C)cc1. The molecule has 1 aromatic rings. The Hall–Kier alpha value is -1.59. The number of nitrogens with one attached hydrogen (secondary N) is 3. The summed E-state index contributed by atoms with van der Waals surface area (Å²) in [5.41, 5.74) is 1.47. The third kappa shape index (κ3) is 7.88. The van der Waals surface area contributed by atoms with Crippen LogP contribution in [0.4, 0.5) is 10.5 Å². The Balaban J connectivity index is 1.73. The first-order valence-corrected chi connectivity index (χ1v) is 9.37. The maximum atomic E-state index is 11.8. The Morgan fingerprint density at radius 1 is 1.28 bits per heavy atom. The molecule has 1 aromatic carbocycles. The lowest BCUT2D eigenvalue weighted by Gasteiger charge is -2.26. The van der Waals surface area contributed by atoms with Gasteiger partial charge < -0.3 is 15.4 Å². The second kappa shape index (κ2) is 9.20. The van der Waals surface area contributed by atoms with E-state index in [0.717, 1.165) is 25.2 Å². The maximum absolute atomic E-state index is 11.8. The highest BCUT2D eigenvalue weighted by molar-refractivity contribution is 5.84. The molecule has 140 valence electrons. The van der Waals surface area contributed by atoms with Gasteiger partial charge in [-0.1, -0.05) is 18.6 Å². The van der Waals surface area contributed by atoms with Gasteiger partial charge >= 0.3 is 6.09 Å². The molecule has 2 rings (SSSR count). The molecule has 25 heavy (non-hydrogen) atoms. The fourth-order valence-corrected chi connectivity index (χ4v) is 3.05. The van der Waals surface area contributed by atoms with Gasteiger partial charge in [0.1, 0.15) is 5.60 Å². The van der Waals surface area contributed by atoms with Crippen molar-refractivity contribution in [3.8, 4) is 0 Å². The van der Waals surface area contributed by atoms with Crippen LogP contribution in [0.2, 0.25) is 0 Å². The zero-order valence-corrected chi connectivity index (χ0v) is 16.0. The number of piperidine rings is 1. The number of hydrogen-bond donors (Lipinski definition) is 3. The molecule has 1 aliphatic heterocycles. The minimum absolute atomic E-state index is 0.424. The lowest BCUT2D eigenvalue weighted by Crippen LogP contribution is -2.39. The summed E-state index contributed by atoms with van der Waals surface area (Å²) >= 11 is 0. The van der Waals surface area contributed by atoms with Crippen molar-refractivity contribution in [1.82, 2.24) is 10.6 Å². The summed E-state index contributed by atoms with van der Waals surface area (Å²) in [4.78, 5) is 11.8. The average Bonchev–Trinajstić information content (AvgIpc) is 2.53. The Bertz CT molecular complexity index is 531. The molecule has 0 saturated carbocycles. The van der Waals surface area contributed by atoms with Crippen LogP contribution in [0.1, 0.15) is 58.9 Å². The summed E-state index contributed by atoms with van der Waals surface area (Å²) < 4.78 is 5.25. The third-order valence-electron chi connectivity index (χ3n) is 4.30. The molecular weight excluding hydrogens is 314 g/mol. The Morgan fingerprint density at radius 2 is 2.00 bits per heavy atom.